The van der Waals surface area contributed by atoms with Crippen molar-refractivity contribution in [3.63, 3.8) is 0 Å². The SMILES string of the molecule is CNC(=O)c1nn2c(c1C)CN(C(=O)OC(C)(C)C)CCC2. The normalized spacial score (nSPS) is 15.0. The van der Waals surface area contributed by atoms with Crippen LogP contribution in [0.5, 0.6) is 0 Å². The lowest BCUT2D eigenvalue weighted by Gasteiger charge is -2.26. The fraction of sp³-hybridized carbons (Fsp3) is 0.667. The first-order chi connectivity index (χ1) is 10.2. The molecule has 0 saturated carbocycles. The second-order valence-corrected chi connectivity index (χ2v) is 6.48. The summed E-state index contributed by atoms with van der Waals surface area (Å²) in [5.74, 6) is -0.207. The number of carbonyl (C=O) groups excluding carboxylic acids is 2. The highest BCUT2D eigenvalue weighted by molar-refractivity contribution is 5.93. The van der Waals surface area contributed by atoms with E-state index in [0.29, 0.717) is 25.3 Å². The van der Waals surface area contributed by atoms with Gasteiger partial charge in [0.05, 0.1) is 12.2 Å². The quantitative estimate of drug-likeness (QED) is 0.856. The van der Waals surface area contributed by atoms with E-state index in [4.69, 9.17) is 4.74 Å². The van der Waals surface area contributed by atoms with Gasteiger partial charge in [-0.1, -0.05) is 0 Å². The molecule has 1 N–H and O–H groups in total. The van der Waals surface area contributed by atoms with Crippen LogP contribution in [0.25, 0.3) is 0 Å². The van der Waals surface area contributed by atoms with E-state index >= 15 is 0 Å². The van der Waals surface area contributed by atoms with Gasteiger partial charge in [0.25, 0.3) is 5.91 Å². The number of nitrogens with one attached hydrogen (secondary N) is 1. The van der Waals surface area contributed by atoms with Crippen LogP contribution in [-0.2, 0) is 17.8 Å². The lowest BCUT2D eigenvalue weighted by Crippen LogP contribution is -2.36. The highest BCUT2D eigenvalue weighted by atomic mass is 16.6. The molecule has 2 amide bonds. The summed E-state index contributed by atoms with van der Waals surface area (Å²) in [7, 11) is 1.58. The van der Waals surface area contributed by atoms with Crippen LogP contribution in [0.3, 0.4) is 0 Å². The fourth-order valence-electron chi connectivity index (χ4n) is 2.46. The van der Waals surface area contributed by atoms with Crippen molar-refractivity contribution in [3.8, 4) is 0 Å². The number of hydrogen-bond acceptors (Lipinski definition) is 4. The monoisotopic (exact) mass is 308 g/mol. The van der Waals surface area contributed by atoms with Crippen molar-refractivity contribution in [2.45, 2.75) is 52.8 Å². The Kier molecular flexibility index (Phi) is 4.44. The molecule has 7 heteroatoms. The molecule has 2 rings (SSSR count). The first-order valence-electron chi connectivity index (χ1n) is 7.49. The summed E-state index contributed by atoms with van der Waals surface area (Å²) >= 11 is 0. The molecule has 1 aromatic heterocycles. The molecule has 0 bridgehead atoms. The van der Waals surface area contributed by atoms with Crippen molar-refractivity contribution in [1.29, 1.82) is 0 Å². The number of rotatable bonds is 1. The maximum atomic E-state index is 12.3. The molecule has 7 nitrogen and oxygen atoms in total. The summed E-state index contributed by atoms with van der Waals surface area (Å²) in [4.78, 5) is 25.8. The summed E-state index contributed by atoms with van der Waals surface area (Å²) in [6.07, 6.45) is 0.448. The largest absolute Gasteiger partial charge is 0.444 e. The third-order valence-electron chi connectivity index (χ3n) is 3.55. The van der Waals surface area contributed by atoms with Crippen molar-refractivity contribution >= 4 is 12.0 Å². The molecule has 0 radical (unpaired) electrons. The average molecular weight is 308 g/mol. The Bertz CT molecular complexity index is 586. The Morgan fingerprint density at radius 3 is 2.55 bits per heavy atom. The molecule has 1 aliphatic rings. The maximum absolute atomic E-state index is 12.3. The van der Waals surface area contributed by atoms with Crippen molar-refractivity contribution < 1.29 is 14.3 Å². The molecule has 0 fully saturated rings. The number of ether oxygens (including phenoxy) is 1. The smallest absolute Gasteiger partial charge is 0.410 e. The summed E-state index contributed by atoms with van der Waals surface area (Å²) in [5, 5.41) is 6.97. The van der Waals surface area contributed by atoms with Crippen molar-refractivity contribution in [1.82, 2.24) is 20.0 Å². The Labute approximate surface area is 130 Å². The van der Waals surface area contributed by atoms with Crippen molar-refractivity contribution in [2.75, 3.05) is 13.6 Å². The minimum Gasteiger partial charge on any atom is -0.444 e. The number of carbonyl (C=O) groups is 2. The Morgan fingerprint density at radius 2 is 1.95 bits per heavy atom. The van der Waals surface area contributed by atoms with Gasteiger partial charge in [0.1, 0.15) is 5.60 Å². The lowest BCUT2D eigenvalue weighted by molar-refractivity contribution is 0.0236. The third kappa shape index (κ3) is 3.40. The fourth-order valence-corrected chi connectivity index (χ4v) is 2.46. The van der Waals surface area contributed by atoms with Gasteiger partial charge in [-0.15, -0.1) is 0 Å². The first-order valence-corrected chi connectivity index (χ1v) is 7.49. The van der Waals surface area contributed by atoms with Crippen LogP contribution in [0, 0.1) is 6.92 Å². The Balaban J connectivity index is 2.24. The molecule has 0 aromatic carbocycles. The van der Waals surface area contributed by atoms with E-state index in [1.165, 1.54) is 0 Å². The molecule has 1 aliphatic heterocycles. The van der Waals surface area contributed by atoms with Gasteiger partial charge < -0.3 is 15.0 Å². The molecule has 0 atom stereocenters. The first kappa shape index (κ1) is 16.3. The van der Waals surface area contributed by atoms with E-state index in [9.17, 15) is 9.59 Å². The molecule has 122 valence electrons. The minimum atomic E-state index is -0.522. The van der Waals surface area contributed by atoms with Gasteiger partial charge in [0, 0.05) is 25.7 Å². The van der Waals surface area contributed by atoms with Gasteiger partial charge in [-0.3, -0.25) is 9.48 Å². The highest BCUT2D eigenvalue weighted by Crippen LogP contribution is 2.21. The standard InChI is InChI=1S/C15H24N4O3/c1-10-11-9-18(14(21)22-15(2,3)4)7-6-8-19(11)17-12(10)13(20)16-5/h6-9H2,1-5H3,(H,16,20). The summed E-state index contributed by atoms with van der Waals surface area (Å²) in [6.45, 7) is 9.12. The molecule has 0 saturated heterocycles. The molecule has 0 aliphatic carbocycles. The lowest BCUT2D eigenvalue weighted by atomic mass is 10.2. The highest BCUT2D eigenvalue weighted by Gasteiger charge is 2.28. The van der Waals surface area contributed by atoms with E-state index in [1.807, 2.05) is 32.4 Å². The van der Waals surface area contributed by atoms with E-state index in [1.54, 1.807) is 11.9 Å². The van der Waals surface area contributed by atoms with E-state index in [-0.39, 0.29) is 12.0 Å². The Hall–Kier alpha value is -2.05. The molecular weight excluding hydrogens is 284 g/mol. The summed E-state index contributed by atoms with van der Waals surface area (Å²) in [6, 6.07) is 0. The number of nitrogens with zero attached hydrogens (tertiary/aromatic N) is 3. The second-order valence-electron chi connectivity index (χ2n) is 6.48. The van der Waals surface area contributed by atoms with Crippen LogP contribution in [0.4, 0.5) is 4.79 Å². The number of fused-ring (bicyclic) bond motifs is 1. The number of aromatic nitrogens is 2. The van der Waals surface area contributed by atoms with Crippen molar-refractivity contribution in [2.24, 2.45) is 0 Å². The van der Waals surface area contributed by atoms with Gasteiger partial charge in [0.15, 0.2) is 5.69 Å². The summed E-state index contributed by atoms with van der Waals surface area (Å²) < 4.78 is 7.26. The van der Waals surface area contributed by atoms with Crippen molar-refractivity contribution in [3.05, 3.63) is 17.0 Å². The van der Waals surface area contributed by atoms with Crippen LogP contribution in [-0.4, -0.2) is 45.9 Å². The molecular formula is C15H24N4O3. The van der Waals surface area contributed by atoms with Crippen LogP contribution in [0.1, 0.15) is 48.9 Å². The number of amides is 2. The van der Waals surface area contributed by atoms with Gasteiger partial charge >= 0.3 is 6.09 Å². The van der Waals surface area contributed by atoms with Gasteiger partial charge in [-0.05, 0) is 34.1 Å². The molecule has 0 spiro atoms. The minimum absolute atomic E-state index is 0.207. The molecule has 2 heterocycles. The van der Waals surface area contributed by atoms with Crippen LogP contribution in [0.2, 0.25) is 0 Å². The molecule has 22 heavy (non-hydrogen) atoms. The molecule has 0 unspecified atom stereocenters. The van der Waals surface area contributed by atoms with Crippen LogP contribution >= 0.6 is 0 Å². The second kappa shape index (κ2) is 5.98. The van der Waals surface area contributed by atoms with E-state index in [0.717, 1.165) is 17.7 Å². The third-order valence-corrected chi connectivity index (χ3v) is 3.55. The maximum Gasteiger partial charge on any atom is 0.410 e. The zero-order valence-corrected chi connectivity index (χ0v) is 13.9. The zero-order valence-electron chi connectivity index (χ0n) is 13.9. The van der Waals surface area contributed by atoms with Gasteiger partial charge in [-0.25, -0.2) is 4.79 Å². The predicted molar refractivity (Wildman–Crippen MR) is 81.6 cm³/mol. The topological polar surface area (TPSA) is 76.5 Å². The van der Waals surface area contributed by atoms with E-state index < -0.39 is 5.60 Å². The van der Waals surface area contributed by atoms with Crippen LogP contribution in [0.15, 0.2) is 0 Å². The number of hydrogen-bond donors (Lipinski definition) is 1. The van der Waals surface area contributed by atoms with Gasteiger partial charge in [0.2, 0.25) is 0 Å². The Morgan fingerprint density at radius 1 is 1.27 bits per heavy atom. The molecule has 1 aromatic rings. The average Bonchev–Trinajstić information content (AvgIpc) is 2.62. The summed E-state index contributed by atoms with van der Waals surface area (Å²) in [5.41, 5.74) is 1.60. The van der Waals surface area contributed by atoms with Gasteiger partial charge in [-0.2, -0.15) is 5.10 Å². The van der Waals surface area contributed by atoms with E-state index in [2.05, 4.69) is 10.4 Å². The zero-order chi connectivity index (χ0) is 16.5. The predicted octanol–water partition coefficient (Wildman–Crippen LogP) is 1.69. The number of aryl methyl sites for hydroxylation is 1. The van der Waals surface area contributed by atoms with Crippen LogP contribution < -0.4 is 5.32 Å².